The smallest absolute Gasteiger partial charge is 0.258 e. The van der Waals surface area contributed by atoms with E-state index in [1.807, 2.05) is 0 Å². The molecule has 82 valence electrons. The molecular formula is C9H11NO5. The molecule has 1 aromatic rings. The summed E-state index contributed by atoms with van der Waals surface area (Å²) in [5.74, 6) is -0.668. The van der Waals surface area contributed by atoms with E-state index in [9.17, 15) is 9.59 Å². The molecule has 1 unspecified atom stereocenters. The van der Waals surface area contributed by atoms with E-state index in [2.05, 4.69) is 0 Å². The molecular weight excluding hydrogens is 202 g/mol. The number of aliphatic hydroxyl groups is 1. The molecule has 0 aliphatic heterocycles. The van der Waals surface area contributed by atoms with Gasteiger partial charge in [-0.25, -0.2) is 0 Å². The summed E-state index contributed by atoms with van der Waals surface area (Å²) in [7, 11) is 0. The predicted molar refractivity (Wildman–Crippen MR) is 50.2 cm³/mol. The summed E-state index contributed by atoms with van der Waals surface area (Å²) in [4.78, 5) is 22.0. The van der Waals surface area contributed by atoms with Gasteiger partial charge >= 0.3 is 0 Å². The molecule has 0 saturated heterocycles. The van der Waals surface area contributed by atoms with Crippen molar-refractivity contribution >= 4 is 5.91 Å². The number of rotatable bonds is 4. The van der Waals surface area contributed by atoms with Gasteiger partial charge in [0.2, 0.25) is 11.2 Å². The highest BCUT2D eigenvalue weighted by Crippen LogP contribution is 2.07. The minimum absolute atomic E-state index is 0.112. The molecule has 0 saturated carbocycles. The molecule has 0 aromatic carbocycles. The molecule has 3 N–H and O–H groups in total. The standard InChI is InChI=1S/C9H11NO5/c1-5(9(10)13)15-8-4-14-6(3-11)2-7(8)12/h2,4-5,11H,3H2,1H3,(H2,10,13). The fraction of sp³-hybridized carbons (Fsp3) is 0.333. The Labute approximate surface area is 85.3 Å². The molecule has 0 fully saturated rings. The minimum Gasteiger partial charge on any atom is -0.474 e. The van der Waals surface area contributed by atoms with Gasteiger partial charge < -0.3 is 20.0 Å². The van der Waals surface area contributed by atoms with Gasteiger partial charge in [0.25, 0.3) is 5.91 Å². The topological polar surface area (TPSA) is 103 Å². The highest BCUT2D eigenvalue weighted by molar-refractivity contribution is 5.78. The lowest BCUT2D eigenvalue weighted by molar-refractivity contribution is -0.124. The molecule has 0 aliphatic rings. The van der Waals surface area contributed by atoms with Crippen molar-refractivity contribution in [2.45, 2.75) is 19.6 Å². The fourth-order valence-corrected chi connectivity index (χ4v) is 0.856. The average Bonchev–Trinajstić information content (AvgIpc) is 2.20. The Hall–Kier alpha value is -1.82. The van der Waals surface area contributed by atoms with Gasteiger partial charge in [0, 0.05) is 6.07 Å². The lowest BCUT2D eigenvalue weighted by Gasteiger charge is -2.09. The first-order valence-electron chi connectivity index (χ1n) is 4.23. The van der Waals surface area contributed by atoms with Crippen LogP contribution in [0.1, 0.15) is 12.7 Å². The lowest BCUT2D eigenvalue weighted by atomic mass is 10.3. The summed E-state index contributed by atoms with van der Waals surface area (Å²) in [6.07, 6.45) is 0.126. The lowest BCUT2D eigenvalue weighted by Crippen LogP contribution is -2.32. The Morgan fingerprint density at radius 2 is 2.40 bits per heavy atom. The molecule has 0 bridgehead atoms. The zero-order valence-electron chi connectivity index (χ0n) is 8.10. The van der Waals surface area contributed by atoms with E-state index in [0.717, 1.165) is 12.3 Å². The number of nitrogens with two attached hydrogens (primary N) is 1. The third-order valence-electron chi connectivity index (χ3n) is 1.71. The van der Waals surface area contributed by atoms with Crippen molar-refractivity contribution in [3.8, 4) is 5.75 Å². The summed E-state index contributed by atoms with van der Waals surface area (Å²) >= 11 is 0. The van der Waals surface area contributed by atoms with E-state index in [0.29, 0.717) is 0 Å². The van der Waals surface area contributed by atoms with Crippen molar-refractivity contribution in [2.75, 3.05) is 0 Å². The zero-order valence-corrected chi connectivity index (χ0v) is 8.10. The van der Waals surface area contributed by atoms with Crippen molar-refractivity contribution in [2.24, 2.45) is 5.73 Å². The summed E-state index contributed by atoms with van der Waals surface area (Å²) < 4.78 is 9.79. The van der Waals surface area contributed by atoms with Gasteiger partial charge in [-0.15, -0.1) is 0 Å². The van der Waals surface area contributed by atoms with Crippen LogP contribution in [0.4, 0.5) is 0 Å². The maximum Gasteiger partial charge on any atom is 0.258 e. The highest BCUT2D eigenvalue weighted by atomic mass is 16.5. The molecule has 1 aromatic heterocycles. The van der Waals surface area contributed by atoms with Crippen LogP contribution in [-0.4, -0.2) is 17.1 Å². The number of hydrogen-bond acceptors (Lipinski definition) is 5. The van der Waals surface area contributed by atoms with Crippen LogP contribution in [0.2, 0.25) is 0 Å². The summed E-state index contributed by atoms with van der Waals surface area (Å²) in [5, 5.41) is 8.68. The van der Waals surface area contributed by atoms with Crippen LogP contribution >= 0.6 is 0 Å². The van der Waals surface area contributed by atoms with Gasteiger partial charge in [-0.1, -0.05) is 0 Å². The third kappa shape index (κ3) is 2.81. The molecule has 0 radical (unpaired) electrons. The van der Waals surface area contributed by atoms with Crippen LogP contribution in [0.5, 0.6) is 5.75 Å². The maximum atomic E-state index is 11.3. The van der Waals surface area contributed by atoms with E-state index in [1.54, 1.807) is 0 Å². The number of hydrogen-bond donors (Lipinski definition) is 2. The van der Waals surface area contributed by atoms with Crippen LogP contribution in [0.15, 0.2) is 21.5 Å². The minimum atomic E-state index is -0.909. The molecule has 15 heavy (non-hydrogen) atoms. The molecule has 1 atom stereocenters. The molecule has 1 rings (SSSR count). The molecule has 1 amide bonds. The second-order valence-electron chi connectivity index (χ2n) is 2.90. The normalized spacial score (nSPS) is 12.1. The van der Waals surface area contributed by atoms with E-state index < -0.39 is 17.4 Å². The monoisotopic (exact) mass is 213 g/mol. The average molecular weight is 213 g/mol. The van der Waals surface area contributed by atoms with Gasteiger partial charge in [-0.3, -0.25) is 9.59 Å². The Balaban J connectivity index is 2.88. The zero-order chi connectivity index (χ0) is 11.4. The largest absolute Gasteiger partial charge is 0.474 e. The van der Waals surface area contributed by atoms with Gasteiger partial charge in [0.05, 0.1) is 0 Å². The fourth-order valence-electron chi connectivity index (χ4n) is 0.856. The van der Waals surface area contributed by atoms with Crippen molar-refractivity contribution in [3.05, 3.63) is 28.3 Å². The first kappa shape index (κ1) is 11.3. The number of ether oxygens (including phenoxy) is 1. The van der Waals surface area contributed by atoms with Crippen LogP contribution in [0.25, 0.3) is 0 Å². The second-order valence-corrected chi connectivity index (χ2v) is 2.90. The second kappa shape index (κ2) is 4.61. The number of carbonyl (C=O) groups is 1. The number of primary amides is 1. The number of aliphatic hydroxyl groups excluding tert-OH is 1. The molecule has 1 heterocycles. The van der Waals surface area contributed by atoms with Crippen molar-refractivity contribution in [1.82, 2.24) is 0 Å². The molecule has 6 nitrogen and oxygen atoms in total. The molecule has 6 heteroatoms. The van der Waals surface area contributed by atoms with Crippen LogP contribution in [0.3, 0.4) is 0 Å². The van der Waals surface area contributed by atoms with Crippen molar-refractivity contribution in [1.29, 1.82) is 0 Å². The van der Waals surface area contributed by atoms with E-state index in [-0.39, 0.29) is 18.1 Å². The summed E-state index contributed by atoms with van der Waals surface area (Å²) in [6, 6.07) is 1.09. The van der Waals surface area contributed by atoms with E-state index in [4.69, 9.17) is 20.0 Å². The Morgan fingerprint density at radius 3 is 2.87 bits per heavy atom. The Kier molecular flexibility index (Phi) is 3.46. The van der Waals surface area contributed by atoms with Gasteiger partial charge in [0.1, 0.15) is 18.6 Å². The predicted octanol–water partition coefficient (Wildman–Crippen LogP) is -0.615. The summed E-state index contributed by atoms with van der Waals surface area (Å²) in [6.45, 7) is 1.04. The van der Waals surface area contributed by atoms with Crippen molar-refractivity contribution < 1.29 is 19.1 Å². The highest BCUT2D eigenvalue weighted by Gasteiger charge is 2.13. The van der Waals surface area contributed by atoms with Crippen LogP contribution in [-0.2, 0) is 11.4 Å². The van der Waals surface area contributed by atoms with Gasteiger partial charge in [0.15, 0.2) is 6.10 Å². The number of amides is 1. The first-order chi connectivity index (χ1) is 7.04. The van der Waals surface area contributed by atoms with E-state index in [1.165, 1.54) is 6.92 Å². The molecule has 0 spiro atoms. The van der Waals surface area contributed by atoms with Crippen LogP contribution < -0.4 is 15.9 Å². The Morgan fingerprint density at radius 1 is 1.73 bits per heavy atom. The molecule has 0 aliphatic carbocycles. The first-order valence-corrected chi connectivity index (χ1v) is 4.23. The number of carbonyl (C=O) groups excluding carboxylic acids is 1. The Bertz CT molecular complexity index is 411. The van der Waals surface area contributed by atoms with Crippen molar-refractivity contribution in [3.63, 3.8) is 0 Å². The third-order valence-corrected chi connectivity index (χ3v) is 1.71. The SMILES string of the molecule is CC(Oc1coc(CO)cc1=O)C(N)=O. The maximum absolute atomic E-state index is 11.3. The van der Waals surface area contributed by atoms with Gasteiger partial charge in [-0.2, -0.15) is 0 Å². The quantitative estimate of drug-likeness (QED) is 0.694. The van der Waals surface area contributed by atoms with Gasteiger partial charge in [-0.05, 0) is 6.92 Å². The summed E-state index contributed by atoms with van der Waals surface area (Å²) in [5.41, 5.74) is 4.48. The van der Waals surface area contributed by atoms with Crippen LogP contribution in [0, 0.1) is 0 Å². The van der Waals surface area contributed by atoms with E-state index >= 15 is 0 Å².